The number of benzene rings is 3. The summed E-state index contributed by atoms with van der Waals surface area (Å²) in [7, 11) is -3.00. The molecule has 0 radical (unpaired) electrons. The molecule has 0 aliphatic carbocycles. The highest BCUT2D eigenvalue weighted by Crippen LogP contribution is 2.38. The second kappa shape index (κ2) is 9.13. The summed E-state index contributed by atoms with van der Waals surface area (Å²) < 4.78 is 22.1. The highest BCUT2D eigenvalue weighted by atomic mass is 32.3. The molecule has 3 amide bonds. The summed E-state index contributed by atoms with van der Waals surface area (Å²) in [6.45, 7) is 3.79. The molecule has 8 heteroatoms. The van der Waals surface area contributed by atoms with Crippen LogP contribution in [0.4, 0.5) is 16.2 Å². The Hall–Kier alpha value is -3.33. The van der Waals surface area contributed by atoms with E-state index in [4.69, 9.17) is 0 Å². The molecule has 1 saturated heterocycles. The van der Waals surface area contributed by atoms with Crippen LogP contribution in [0, 0.1) is 0 Å². The summed E-state index contributed by atoms with van der Waals surface area (Å²) in [5, 5.41) is 0. The lowest BCUT2D eigenvalue weighted by Crippen LogP contribution is -2.43. The quantitative estimate of drug-likeness (QED) is 0.376. The van der Waals surface area contributed by atoms with Gasteiger partial charge in [0.1, 0.15) is 5.54 Å². The molecule has 0 unspecified atom stereocenters. The number of carbonyl (C=O) groups excluding carboxylic acids is 2. The van der Waals surface area contributed by atoms with Gasteiger partial charge in [0, 0.05) is 12.8 Å². The van der Waals surface area contributed by atoms with E-state index in [1.807, 2.05) is 42.5 Å². The molecule has 4 rings (SSSR count). The van der Waals surface area contributed by atoms with Gasteiger partial charge in [0.05, 0.1) is 11.4 Å². The van der Waals surface area contributed by atoms with Crippen LogP contribution >= 0.6 is 10.8 Å². The van der Waals surface area contributed by atoms with E-state index in [1.165, 1.54) is 11.8 Å². The largest absolute Gasteiger partial charge is 0.332 e. The Labute approximate surface area is 201 Å². The van der Waals surface area contributed by atoms with Crippen molar-refractivity contribution in [2.45, 2.75) is 32.4 Å². The molecule has 3 N–H and O–H groups in total. The van der Waals surface area contributed by atoms with Crippen molar-refractivity contribution in [2.24, 2.45) is 0 Å². The maximum Gasteiger partial charge on any atom is 0.332 e. The smallest absolute Gasteiger partial charge is 0.305 e. The Balaban J connectivity index is 1.62. The topological polar surface area (TPSA) is 93.1 Å². The monoisotopic (exact) mass is 479 g/mol. The highest BCUT2D eigenvalue weighted by molar-refractivity contribution is 8.24. The van der Waals surface area contributed by atoms with Gasteiger partial charge in [-0.3, -0.25) is 18.6 Å². The first-order valence-corrected chi connectivity index (χ1v) is 12.9. The van der Waals surface area contributed by atoms with Crippen LogP contribution in [-0.2, 0) is 17.8 Å². The van der Waals surface area contributed by atoms with Crippen molar-refractivity contribution in [3.63, 3.8) is 0 Å². The van der Waals surface area contributed by atoms with Crippen LogP contribution in [0.3, 0.4) is 0 Å². The van der Waals surface area contributed by atoms with Crippen molar-refractivity contribution in [3.8, 4) is 0 Å². The van der Waals surface area contributed by atoms with Gasteiger partial charge < -0.3 is 4.90 Å². The Morgan fingerprint density at radius 3 is 2.21 bits per heavy atom. The molecule has 0 bridgehead atoms. The maximum absolute atomic E-state index is 13.5. The van der Waals surface area contributed by atoms with Gasteiger partial charge >= 0.3 is 6.03 Å². The number of amides is 3. The number of rotatable bonds is 7. The predicted octanol–water partition coefficient (Wildman–Crippen LogP) is 5.73. The van der Waals surface area contributed by atoms with E-state index in [0.717, 1.165) is 22.4 Å². The van der Waals surface area contributed by atoms with Crippen molar-refractivity contribution < 1.29 is 18.7 Å². The second-order valence-corrected chi connectivity index (χ2v) is 10.9. The molecule has 3 aromatic carbocycles. The zero-order chi connectivity index (χ0) is 24.5. The third-order valence-corrected chi connectivity index (χ3v) is 6.55. The number of nitrogens with zero attached hydrogens (tertiary/aromatic N) is 2. The predicted molar refractivity (Wildman–Crippen MR) is 137 cm³/mol. The van der Waals surface area contributed by atoms with Crippen LogP contribution in [0.1, 0.15) is 30.5 Å². The third kappa shape index (κ3) is 4.94. The van der Waals surface area contributed by atoms with Crippen LogP contribution in [-0.4, -0.2) is 37.7 Å². The summed E-state index contributed by atoms with van der Waals surface area (Å²) in [4.78, 5) is 29.6. The van der Waals surface area contributed by atoms with Gasteiger partial charge in [-0.1, -0.05) is 60.7 Å². The number of hydrogen-bond donors (Lipinski definition) is 3. The summed E-state index contributed by atoms with van der Waals surface area (Å²) in [5.74, 6) is -0.335. The number of anilines is 2. The average molecular weight is 480 g/mol. The first-order valence-electron chi connectivity index (χ1n) is 10.9. The third-order valence-electron chi connectivity index (χ3n) is 5.92. The molecule has 0 atom stereocenters. The van der Waals surface area contributed by atoms with E-state index in [1.54, 1.807) is 43.0 Å². The Morgan fingerprint density at radius 1 is 0.882 bits per heavy atom. The molecule has 178 valence electrons. The normalized spacial score (nSPS) is 16.1. The summed E-state index contributed by atoms with van der Waals surface area (Å²) in [5.41, 5.74) is 2.99. The summed E-state index contributed by atoms with van der Waals surface area (Å²) in [6, 6.07) is 24.2. The highest BCUT2D eigenvalue weighted by Gasteiger charge is 2.51. The van der Waals surface area contributed by atoms with Crippen LogP contribution < -0.4 is 9.62 Å². The molecule has 3 aromatic rings. The molecule has 1 fully saturated rings. The van der Waals surface area contributed by atoms with Crippen molar-refractivity contribution in [1.82, 2.24) is 4.90 Å². The van der Waals surface area contributed by atoms with E-state index in [9.17, 15) is 18.7 Å². The van der Waals surface area contributed by atoms with Gasteiger partial charge in [-0.2, -0.15) is 0 Å². The number of nitrogens with one attached hydrogen (secondary N) is 1. The van der Waals surface area contributed by atoms with E-state index < -0.39 is 22.3 Å². The van der Waals surface area contributed by atoms with E-state index >= 15 is 0 Å². The van der Waals surface area contributed by atoms with Crippen LogP contribution in [0.5, 0.6) is 0 Å². The molecule has 1 aliphatic rings. The molecular formula is C26H29N3O4S. The number of carbonyl (C=O) groups is 2. The molecule has 0 aromatic heterocycles. The van der Waals surface area contributed by atoms with E-state index in [2.05, 4.69) is 16.9 Å². The van der Waals surface area contributed by atoms with E-state index in [0.29, 0.717) is 17.9 Å². The summed E-state index contributed by atoms with van der Waals surface area (Å²) >= 11 is 0. The fourth-order valence-corrected chi connectivity index (χ4v) is 4.70. The van der Waals surface area contributed by atoms with Gasteiger partial charge in [0.15, 0.2) is 0 Å². The second-order valence-electron chi connectivity index (χ2n) is 8.99. The van der Waals surface area contributed by atoms with Crippen LogP contribution in [0.25, 0.3) is 0 Å². The molecule has 1 aliphatic heterocycles. The first kappa shape index (κ1) is 23.8. The van der Waals surface area contributed by atoms with Gasteiger partial charge in [-0.25, -0.2) is 9.69 Å². The number of urea groups is 1. The number of imide groups is 1. The van der Waals surface area contributed by atoms with Crippen LogP contribution in [0.2, 0.25) is 0 Å². The first-order chi connectivity index (χ1) is 16.1. The lowest BCUT2D eigenvalue weighted by Gasteiger charge is -2.29. The van der Waals surface area contributed by atoms with Gasteiger partial charge in [0.2, 0.25) is 0 Å². The average Bonchev–Trinajstić information content (AvgIpc) is 2.94. The molecule has 34 heavy (non-hydrogen) atoms. The minimum Gasteiger partial charge on any atom is -0.305 e. The Morgan fingerprint density at radius 2 is 1.53 bits per heavy atom. The lowest BCUT2D eigenvalue weighted by molar-refractivity contribution is -0.123. The van der Waals surface area contributed by atoms with Crippen molar-refractivity contribution in [1.29, 1.82) is 0 Å². The van der Waals surface area contributed by atoms with Gasteiger partial charge in [0.25, 0.3) is 5.91 Å². The molecule has 1 heterocycles. The lowest BCUT2D eigenvalue weighted by atomic mass is 9.97. The molecule has 0 spiro atoms. The fraction of sp³-hybridized carbons (Fsp3) is 0.231. The number of hydrogen-bond acceptors (Lipinski definition) is 5. The Bertz CT molecular complexity index is 1210. The van der Waals surface area contributed by atoms with Crippen molar-refractivity contribution in [3.05, 3.63) is 95.6 Å². The van der Waals surface area contributed by atoms with Gasteiger partial charge in [-0.15, -0.1) is 10.8 Å². The van der Waals surface area contributed by atoms with Gasteiger partial charge in [-0.05, 0) is 55.2 Å². The zero-order valence-corrected chi connectivity index (χ0v) is 20.2. The standard InChI is InChI=1S/C26H29N3O4S/c1-26(2)24(30)29(23-15-9-14-22(17-23)27-34(3,32)33)25(31)28(26)18-21-13-8-7-12-20(21)16-19-10-5-4-6-11-19/h4-15,17,27,32-33H,16,18H2,1-3H3. The Kier molecular flexibility index (Phi) is 6.40. The van der Waals surface area contributed by atoms with E-state index in [-0.39, 0.29) is 5.91 Å². The van der Waals surface area contributed by atoms with Crippen molar-refractivity contribution in [2.75, 3.05) is 15.9 Å². The minimum atomic E-state index is -3.00. The zero-order valence-electron chi connectivity index (χ0n) is 19.4. The molecule has 7 nitrogen and oxygen atoms in total. The SMILES string of the molecule is CC1(C)C(=O)N(c2cccc(NS(C)(O)O)c2)C(=O)N1Cc1ccccc1Cc1ccccc1. The minimum absolute atomic E-state index is 0.296. The van der Waals surface area contributed by atoms with Crippen LogP contribution in [0.15, 0.2) is 78.9 Å². The summed E-state index contributed by atoms with van der Waals surface area (Å²) in [6.07, 6.45) is 2.00. The maximum atomic E-state index is 13.5. The van der Waals surface area contributed by atoms with Crippen molar-refractivity contribution >= 4 is 34.1 Å². The molecule has 0 saturated carbocycles. The fourth-order valence-electron chi connectivity index (χ4n) is 4.13. The molecular weight excluding hydrogens is 450 g/mol.